The van der Waals surface area contributed by atoms with Gasteiger partial charge in [-0.25, -0.2) is 0 Å². The molecule has 0 unspecified atom stereocenters. The molecule has 0 aromatic heterocycles. The summed E-state index contributed by atoms with van der Waals surface area (Å²) in [6.45, 7) is 0. The van der Waals surface area contributed by atoms with Crippen LogP contribution in [0.5, 0.6) is 0 Å². The number of aryl methyl sites for hydroxylation is 1. The van der Waals surface area contributed by atoms with Gasteiger partial charge >= 0.3 is 0 Å². The van der Waals surface area contributed by atoms with E-state index in [1.165, 1.54) is 23.2 Å². The molecule has 1 nitrogen and oxygen atoms in total. The third-order valence-corrected chi connectivity index (χ3v) is 3.85. The Labute approximate surface area is 110 Å². The zero-order valence-corrected chi connectivity index (χ0v) is 11.1. The van der Waals surface area contributed by atoms with E-state index < -0.39 is 0 Å². The second kappa shape index (κ2) is 4.53. The molecule has 1 heterocycles. The Morgan fingerprint density at radius 2 is 1.76 bits per heavy atom. The zero-order chi connectivity index (χ0) is 11.7. The van der Waals surface area contributed by atoms with E-state index in [4.69, 9.17) is 0 Å². The zero-order valence-electron chi connectivity index (χ0n) is 9.49. The minimum Gasteiger partial charge on any atom is -0.378 e. The number of rotatable bonds is 1. The van der Waals surface area contributed by atoms with E-state index in [0.29, 0.717) is 6.04 Å². The number of fused-ring (bicyclic) bond motifs is 1. The standard InChI is InChI=1S/C15H14BrN/c16-13-8-5-12(6-9-13)15-10-7-11-3-1-2-4-14(11)17-15/h1-6,8-9,15,17H,7,10H2/t15-/m0/s1. The molecule has 1 atom stereocenters. The van der Waals surface area contributed by atoms with Gasteiger partial charge in [-0.3, -0.25) is 0 Å². The van der Waals surface area contributed by atoms with Gasteiger partial charge in [0.05, 0.1) is 6.04 Å². The van der Waals surface area contributed by atoms with Crippen LogP contribution < -0.4 is 5.32 Å². The Morgan fingerprint density at radius 3 is 2.59 bits per heavy atom. The van der Waals surface area contributed by atoms with Gasteiger partial charge in [-0.15, -0.1) is 0 Å². The molecule has 86 valence electrons. The van der Waals surface area contributed by atoms with Crippen molar-refractivity contribution in [2.24, 2.45) is 0 Å². The molecule has 0 spiro atoms. The molecule has 2 aromatic carbocycles. The summed E-state index contributed by atoms with van der Waals surface area (Å²) in [6, 6.07) is 17.6. The highest BCUT2D eigenvalue weighted by atomic mass is 79.9. The fraction of sp³-hybridized carbons (Fsp3) is 0.200. The van der Waals surface area contributed by atoms with Gasteiger partial charge in [0, 0.05) is 10.2 Å². The molecular formula is C15H14BrN. The molecule has 0 aliphatic carbocycles. The van der Waals surface area contributed by atoms with Crippen molar-refractivity contribution >= 4 is 21.6 Å². The SMILES string of the molecule is Brc1ccc([C@@H]2CCc3ccccc3N2)cc1. The second-order valence-electron chi connectivity index (χ2n) is 4.44. The number of anilines is 1. The van der Waals surface area contributed by atoms with Gasteiger partial charge in [0.2, 0.25) is 0 Å². The largest absolute Gasteiger partial charge is 0.378 e. The Hall–Kier alpha value is -1.28. The van der Waals surface area contributed by atoms with Crippen LogP contribution in [0, 0.1) is 0 Å². The van der Waals surface area contributed by atoms with E-state index in [1.54, 1.807) is 0 Å². The predicted molar refractivity (Wildman–Crippen MR) is 75.3 cm³/mol. The Morgan fingerprint density at radius 1 is 1.00 bits per heavy atom. The van der Waals surface area contributed by atoms with E-state index in [0.717, 1.165) is 10.9 Å². The smallest absolute Gasteiger partial charge is 0.0517 e. The van der Waals surface area contributed by atoms with Crippen LogP contribution in [0.3, 0.4) is 0 Å². The first-order valence-electron chi connectivity index (χ1n) is 5.93. The van der Waals surface area contributed by atoms with Crippen LogP contribution in [0.15, 0.2) is 53.0 Å². The fourth-order valence-corrected chi connectivity index (χ4v) is 2.65. The van der Waals surface area contributed by atoms with Gasteiger partial charge in [0.15, 0.2) is 0 Å². The van der Waals surface area contributed by atoms with Crippen molar-refractivity contribution in [2.45, 2.75) is 18.9 Å². The van der Waals surface area contributed by atoms with Crippen LogP contribution >= 0.6 is 15.9 Å². The minimum atomic E-state index is 0.443. The minimum absolute atomic E-state index is 0.443. The molecule has 0 fully saturated rings. The molecule has 1 aliphatic rings. The topological polar surface area (TPSA) is 12.0 Å². The highest BCUT2D eigenvalue weighted by Gasteiger charge is 2.18. The average Bonchev–Trinajstić information content (AvgIpc) is 2.39. The number of nitrogens with one attached hydrogen (secondary N) is 1. The predicted octanol–water partition coefficient (Wildman–Crippen LogP) is 4.55. The molecule has 0 saturated carbocycles. The number of para-hydroxylation sites is 1. The second-order valence-corrected chi connectivity index (χ2v) is 5.36. The highest BCUT2D eigenvalue weighted by Crippen LogP contribution is 2.32. The van der Waals surface area contributed by atoms with Crippen LogP contribution in [0.1, 0.15) is 23.6 Å². The van der Waals surface area contributed by atoms with Crippen LogP contribution in [0.2, 0.25) is 0 Å². The molecule has 17 heavy (non-hydrogen) atoms. The van der Waals surface area contributed by atoms with Crippen molar-refractivity contribution in [2.75, 3.05) is 5.32 Å². The summed E-state index contributed by atoms with van der Waals surface area (Å²) in [7, 11) is 0. The summed E-state index contributed by atoms with van der Waals surface area (Å²) in [4.78, 5) is 0. The maximum atomic E-state index is 3.62. The Balaban J connectivity index is 1.86. The van der Waals surface area contributed by atoms with E-state index in [2.05, 4.69) is 69.8 Å². The molecule has 3 rings (SSSR count). The summed E-state index contributed by atoms with van der Waals surface area (Å²) in [6.07, 6.45) is 2.32. The van der Waals surface area contributed by atoms with Crippen molar-refractivity contribution in [1.82, 2.24) is 0 Å². The lowest BCUT2D eigenvalue weighted by atomic mass is 9.93. The summed E-state index contributed by atoms with van der Waals surface area (Å²) >= 11 is 3.47. The van der Waals surface area contributed by atoms with Crippen molar-refractivity contribution in [3.8, 4) is 0 Å². The van der Waals surface area contributed by atoms with Gasteiger partial charge in [0.1, 0.15) is 0 Å². The first-order valence-corrected chi connectivity index (χ1v) is 6.72. The molecular weight excluding hydrogens is 274 g/mol. The highest BCUT2D eigenvalue weighted by molar-refractivity contribution is 9.10. The molecule has 0 radical (unpaired) electrons. The van der Waals surface area contributed by atoms with Gasteiger partial charge in [0.25, 0.3) is 0 Å². The fourth-order valence-electron chi connectivity index (χ4n) is 2.38. The van der Waals surface area contributed by atoms with Crippen LogP contribution in [0.4, 0.5) is 5.69 Å². The van der Waals surface area contributed by atoms with E-state index in [1.807, 2.05) is 0 Å². The molecule has 2 heteroatoms. The first-order chi connectivity index (χ1) is 8.33. The maximum absolute atomic E-state index is 3.62. The monoisotopic (exact) mass is 287 g/mol. The average molecular weight is 288 g/mol. The molecule has 0 amide bonds. The lowest BCUT2D eigenvalue weighted by Crippen LogP contribution is -2.17. The van der Waals surface area contributed by atoms with Gasteiger partial charge in [-0.1, -0.05) is 46.3 Å². The summed E-state index contributed by atoms with van der Waals surface area (Å²) in [5, 5.41) is 3.62. The van der Waals surface area contributed by atoms with Crippen LogP contribution in [-0.2, 0) is 6.42 Å². The molecule has 0 bridgehead atoms. The molecule has 1 aliphatic heterocycles. The van der Waals surface area contributed by atoms with Crippen LogP contribution in [-0.4, -0.2) is 0 Å². The lowest BCUT2D eigenvalue weighted by Gasteiger charge is -2.27. The van der Waals surface area contributed by atoms with E-state index in [9.17, 15) is 0 Å². The third kappa shape index (κ3) is 2.22. The first kappa shape index (κ1) is 10.8. The van der Waals surface area contributed by atoms with Crippen molar-refractivity contribution < 1.29 is 0 Å². The van der Waals surface area contributed by atoms with Crippen LogP contribution in [0.25, 0.3) is 0 Å². The quantitative estimate of drug-likeness (QED) is 0.811. The number of hydrogen-bond acceptors (Lipinski definition) is 1. The van der Waals surface area contributed by atoms with Crippen molar-refractivity contribution in [1.29, 1.82) is 0 Å². The summed E-state index contributed by atoms with van der Waals surface area (Å²) in [5.74, 6) is 0. The summed E-state index contributed by atoms with van der Waals surface area (Å²) in [5.41, 5.74) is 4.08. The Bertz CT molecular complexity index is 519. The Kier molecular flexibility index (Phi) is 2.89. The maximum Gasteiger partial charge on any atom is 0.0517 e. The van der Waals surface area contributed by atoms with Crippen molar-refractivity contribution in [3.63, 3.8) is 0 Å². The summed E-state index contributed by atoms with van der Waals surface area (Å²) < 4.78 is 1.14. The molecule has 1 N–H and O–H groups in total. The van der Waals surface area contributed by atoms with E-state index >= 15 is 0 Å². The van der Waals surface area contributed by atoms with E-state index in [-0.39, 0.29) is 0 Å². The molecule has 2 aromatic rings. The van der Waals surface area contributed by atoms with Gasteiger partial charge < -0.3 is 5.32 Å². The van der Waals surface area contributed by atoms with Gasteiger partial charge in [-0.2, -0.15) is 0 Å². The number of halogens is 1. The number of benzene rings is 2. The van der Waals surface area contributed by atoms with Gasteiger partial charge in [-0.05, 0) is 42.2 Å². The lowest BCUT2D eigenvalue weighted by molar-refractivity contribution is 0.668. The normalized spacial score (nSPS) is 18.3. The third-order valence-electron chi connectivity index (χ3n) is 3.32. The number of hydrogen-bond donors (Lipinski definition) is 1. The van der Waals surface area contributed by atoms with Crippen molar-refractivity contribution in [3.05, 3.63) is 64.1 Å². The molecule has 0 saturated heterocycles.